The molecule has 0 heterocycles. The Kier molecular flexibility index (Phi) is 8.69. The van der Waals surface area contributed by atoms with E-state index in [4.69, 9.17) is 5.11 Å². The molecule has 4 N–H and O–H groups in total. The van der Waals surface area contributed by atoms with Crippen LogP contribution in [0.3, 0.4) is 0 Å². The lowest BCUT2D eigenvalue weighted by Gasteiger charge is -2.38. The Morgan fingerprint density at radius 1 is 0.900 bits per heavy atom. The minimum Gasteiger partial charge on any atom is -0.396 e. The minimum absolute atomic E-state index is 0.291. The fourth-order valence-electron chi connectivity index (χ4n) is 3.04. The van der Waals surface area contributed by atoms with Crippen molar-refractivity contribution in [1.82, 2.24) is 0 Å². The predicted octanol–water partition coefficient (Wildman–Crippen LogP) is 2.13. The summed E-state index contributed by atoms with van der Waals surface area (Å²) in [6.45, 7) is 0.291. The van der Waals surface area contributed by atoms with Crippen molar-refractivity contribution in [3.8, 4) is 0 Å². The summed E-state index contributed by atoms with van der Waals surface area (Å²) < 4.78 is 0. The van der Waals surface area contributed by atoms with Crippen molar-refractivity contribution in [3.05, 3.63) is 0 Å². The lowest BCUT2D eigenvalue weighted by Crippen LogP contribution is -2.46. The first-order chi connectivity index (χ1) is 9.58. The van der Waals surface area contributed by atoms with Gasteiger partial charge in [0.2, 0.25) is 0 Å². The highest BCUT2D eigenvalue weighted by Gasteiger charge is 2.38. The van der Waals surface area contributed by atoms with E-state index in [1.54, 1.807) is 0 Å². The Bertz CT molecular complexity index is 237. The molecular weight excluding hydrogens is 256 g/mol. The highest BCUT2D eigenvalue weighted by Crippen LogP contribution is 2.33. The van der Waals surface area contributed by atoms with Gasteiger partial charge in [-0.3, -0.25) is 0 Å². The molecule has 0 amide bonds. The molecule has 120 valence electrons. The van der Waals surface area contributed by atoms with Crippen molar-refractivity contribution >= 4 is 0 Å². The second-order valence-corrected chi connectivity index (χ2v) is 6.34. The van der Waals surface area contributed by atoms with E-state index >= 15 is 0 Å². The van der Waals surface area contributed by atoms with Crippen molar-refractivity contribution in [3.63, 3.8) is 0 Å². The summed E-state index contributed by atoms with van der Waals surface area (Å²) in [7, 11) is 0. The SMILES string of the molecule is OCCCCCCCCCC(O)C1(O)CCC(O)CC1. The van der Waals surface area contributed by atoms with E-state index in [2.05, 4.69) is 0 Å². The van der Waals surface area contributed by atoms with Crippen LogP contribution in [0.1, 0.15) is 77.0 Å². The van der Waals surface area contributed by atoms with Crippen molar-refractivity contribution in [2.24, 2.45) is 0 Å². The Morgan fingerprint density at radius 2 is 1.40 bits per heavy atom. The highest BCUT2D eigenvalue weighted by molar-refractivity contribution is 4.91. The minimum atomic E-state index is -0.972. The molecule has 0 saturated heterocycles. The normalized spacial score (nSPS) is 28.5. The molecule has 1 aliphatic rings. The molecule has 1 unspecified atom stereocenters. The van der Waals surface area contributed by atoms with Crippen LogP contribution in [0.15, 0.2) is 0 Å². The highest BCUT2D eigenvalue weighted by atomic mass is 16.3. The van der Waals surface area contributed by atoms with Gasteiger partial charge in [0.15, 0.2) is 0 Å². The zero-order valence-corrected chi connectivity index (χ0v) is 12.6. The quantitative estimate of drug-likeness (QED) is 0.464. The lowest BCUT2D eigenvalue weighted by molar-refractivity contribution is -0.115. The maximum atomic E-state index is 10.4. The van der Waals surface area contributed by atoms with Gasteiger partial charge < -0.3 is 20.4 Å². The number of hydrogen-bond acceptors (Lipinski definition) is 4. The smallest absolute Gasteiger partial charge is 0.0907 e. The van der Waals surface area contributed by atoms with Crippen LogP contribution in [0.5, 0.6) is 0 Å². The van der Waals surface area contributed by atoms with Gasteiger partial charge in [0.1, 0.15) is 0 Å². The summed E-state index contributed by atoms with van der Waals surface area (Å²) in [5, 5.41) is 38.6. The zero-order valence-electron chi connectivity index (χ0n) is 12.6. The standard InChI is InChI=1S/C16H32O4/c17-13-7-5-3-1-2-4-6-8-15(19)16(20)11-9-14(18)10-12-16/h14-15,17-20H,1-13H2. The maximum Gasteiger partial charge on any atom is 0.0907 e. The van der Waals surface area contributed by atoms with Crippen LogP contribution in [0.2, 0.25) is 0 Å². The Morgan fingerprint density at radius 3 is 1.95 bits per heavy atom. The van der Waals surface area contributed by atoms with E-state index in [0.717, 1.165) is 32.1 Å². The van der Waals surface area contributed by atoms with E-state index in [0.29, 0.717) is 38.7 Å². The lowest BCUT2D eigenvalue weighted by atomic mass is 9.78. The van der Waals surface area contributed by atoms with Crippen molar-refractivity contribution in [1.29, 1.82) is 0 Å². The van der Waals surface area contributed by atoms with Crippen LogP contribution in [-0.2, 0) is 0 Å². The van der Waals surface area contributed by atoms with Gasteiger partial charge in [-0.15, -0.1) is 0 Å². The first-order valence-electron chi connectivity index (χ1n) is 8.28. The third kappa shape index (κ3) is 6.53. The van der Waals surface area contributed by atoms with Gasteiger partial charge in [-0.25, -0.2) is 0 Å². The van der Waals surface area contributed by atoms with E-state index in [1.807, 2.05) is 0 Å². The second kappa shape index (κ2) is 9.72. The largest absolute Gasteiger partial charge is 0.396 e. The van der Waals surface area contributed by atoms with Crippen molar-refractivity contribution in [2.45, 2.75) is 94.9 Å². The fourth-order valence-corrected chi connectivity index (χ4v) is 3.04. The van der Waals surface area contributed by atoms with Crippen molar-refractivity contribution in [2.75, 3.05) is 6.61 Å². The van der Waals surface area contributed by atoms with E-state index < -0.39 is 11.7 Å². The summed E-state index contributed by atoms with van der Waals surface area (Å²) in [5.74, 6) is 0. The molecule has 0 aromatic carbocycles. The summed E-state index contributed by atoms with van der Waals surface area (Å²) in [6.07, 6.45) is 9.48. The van der Waals surface area contributed by atoms with Gasteiger partial charge in [-0.05, 0) is 38.5 Å². The molecule has 0 bridgehead atoms. The molecule has 0 radical (unpaired) electrons. The third-order valence-electron chi connectivity index (χ3n) is 4.58. The maximum absolute atomic E-state index is 10.4. The zero-order chi connectivity index (χ0) is 14.8. The van der Waals surface area contributed by atoms with Crippen molar-refractivity contribution < 1.29 is 20.4 Å². The Balaban J connectivity index is 2.03. The molecule has 0 spiro atoms. The number of hydrogen-bond donors (Lipinski definition) is 4. The first kappa shape index (κ1) is 17.9. The molecule has 0 aromatic heterocycles. The summed E-state index contributed by atoms with van der Waals surface area (Å²) >= 11 is 0. The molecule has 20 heavy (non-hydrogen) atoms. The van der Waals surface area contributed by atoms with Crippen LogP contribution in [-0.4, -0.2) is 44.8 Å². The van der Waals surface area contributed by atoms with Crippen LogP contribution in [0, 0.1) is 0 Å². The average Bonchev–Trinajstić information content (AvgIpc) is 2.45. The number of aliphatic hydroxyl groups is 4. The molecule has 0 aliphatic heterocycles. The molecule has 1 rings (SSSR count). The average molecular weight is 288 g/mol. The number of rotatable bonds is 10. The second-order valence-electron chi connectivity index (χ2n) is 6.34. The number of aliphatic hydroxyl groups excluding tert-OH is 3. The van der Waals surface area contributed by atoms with E-state index in [-0.39, 0.29) is 6.10 Å². The van der Waals surface area contributed by atoms with Gasteiger partial charge in [-0.1, -0.05) is 38.5 Å². The number of unbranched alkanes of at least 4 members (excludes halogenated alkanes) is 6. The van der Waals surface area contributed by atoms with Crippen LogP contribution >= 0.6 is 0 Å². The Labute approximate surface area is 122 Å². The monoisotopic (exact) mass is 288 g/mol. The predicted molar refractivity (Wildman–Crippen MR) is 79.5 cm³/mol. The summed E-state index contributed by atoms with van der Waals surface area (Å²) in [5.41, 5.74) is -0.972. The molecule has 4 heteroatoms. The van der Waals surface area contributed by atoms with Crippen LogP contribution in [0.25, 0.3) is 0 Å². The first-order valence-corrected chi connectivity index (χ1v) is 8.28. The third-order valence-corrected chi connectivity index (χ3v) is 4.58. The molecule has 1 saturated carbocycles. The molecule has 1 fully saturated rings. The summed E-state index contributed by atoms with van der Waals surface area (Å²) in [6, 6.07) is 0. The van der Waals surface area contributed by atoms with Gasteiger partial charge in [-0.2, -0.15) is 0 Å². The molecule has 0 aromatic rings. The molecule has 1 aliphatic carbocycles. The summed E-state index contributed by atoms with van der Waals surface area (Å²) in [4.78, 5) is 0. The molecule has 4 nitrogen and oxygen atoms in total. The van der Waals surface area contributed by atoms with Crippen LogP contribution in [0.4, 0.5) is 0 Å². The van der Waals surface area contributed by atoms with Gasteiger partial charge in [0.05, 0.1) is 17.8 Å². The van der Waals surface area contributed by atoms with Gasteiger partial charge in [0.25, 0.3) is 0 Å². The van der Waals surface area contributed by atoms with Crippen LogP contribution < -0.4 is 0 Å². The topological polar surface area (TPSA) is 80.9 Å². The molecule has 1 atom stereocenters. The van der Waals surface area contributed by atoms with Gasteiger partial charge >= 0.3 is 0 Å². The molecular formula is C16H32O4. The van der Waals surface area contributed by atoms with Gasteiger partial charge in [0, 0.05) is 6.61 Å². The Hall–Kier alpha value is -0.160. The fraction of sp³-hybridized carbons (Fsp3) is 1.00. The van der Waals surface area contributed by atoms with E-state index in [1.165, 1.54) is 12.8 Å². The van der Waals surface area contributed by atoms with E-state index in [9.17, 15) is 15.3 Å².